The van der Waals surface area contributed by atoms with Crippen LogP contribution in [0.2, 0.25) is 0 Å². The summed E-state index contributed by atoms with van der Waals surface area (Å²) < 4.78 is 0. The molecule has 3 fully saturated rings. The van der Waals surface area contributed by atoms with Gasteiger partial charge < -0.3 is 0 Å². The Hall–Kier alpha value is -0.780. The summed E-state index contributed by atoms with van der Waals surface area (Å²) in [6.07, 6.45) is 35.9. The summed E-state index contributed by atoms with van der Waals surface area (Å²) in [6, 6.07) is 0. The van der Waals surface area contributed by atoms with Crippen LogP contribution in [0.3, 0.4) is 0 Å². The molecule has 0 aromatic heterocycles. The molecule has 31 heavy (non-hydrogen) atoms. The van der Waals surface area contributed by atoms with Crippen molar-refractivity contribution in [1.29, 1.82) is 0 Å². The van der Waals surface area contributed by atoms with Crippen molar-refractivity contribution in [3.63, 3.8) is 0 Å². The van der Waals surface area contributed by atoms with Crippen molar-refractivity contribution in [2.24, 2.45) is 47.3 Å². The third-order valence-electron chi connectivity index (χ3n) is 9.87. The standard InChI is InChI=1S/C31H50/c1-3-5-25-10-18-29(19-11-25)31-22-14-27(15-23-31)7-6-26-12-20-30(21-13-26)28-16-8-24(4-2)9-17-28/h4,6-7,10,18,24-31H,2-3,5,8-9,11-17,19-23H2,1H3/b7-6+. The molecule has 3 saturated carbocycles. The minimum atomic E-state index is 0.817. The second-order valence-electron chi connectivity index (χ2n) is 11.8. The van der Waals surface area contributed by atoms with E-state index in [2.05, 4.69) is 43.9 Å². The van der Waals surface area contributed by atoms with E-state index in [-0.39, 0.29) is 0 Å². The van der Waals surface area contributed by atoms with Crippen molar-refractivity contribution in [1.82, 2.24) is 0 Å². The van der Waals surface area contributed by atoms with Crippen molar-refractivity contribution < 1.29 is 0 Å². The predicted octanol–water partition coefficient (Wildman–Crippen LogP) is 9.53. The van der Waals surface area contributed by atoms with E-state index in [4.69, 9.17) is 0 Å². The third kappa shape index (κ3) is 6.61. The second kappa shape index (κ2) is 11.9. The average Bonchev–Trinajstić information content (AvgIpc) is 2.84. The number of hydrogen-bond donors (Lipinski definition) is 0. The monoisotopic (exact) mass is 422 g/mol. The van der Waals surface area contributed by atoms with Crippen molar-refractivity contribution >= 4 is 0 Å². The van der Waals surface area contributed by atoms with E-state index in [0.717, 1.165) is 47.3 Å². The lowest BCUT2D eigenvalue weighted by Crippen LogP contribution is -2.25. The van der Waals surface area contributed by atoms with E-state index < -0.39 is 0 Å². The summed E-state index contributed by atoms with van der Waals surface area (Å²) in [5.41, 5.74) is 0. The van der Waals surface area contributed by atoms with Crippen LogP contribution in [0.4, 0.5) is 0 Å². The molecule has 0 amide bonds. The second-order valence-corrected chi connectivity index (χ2v) is 11.8. The average molecular weight is 423 g/mol. The van der Waals surface area contributed by atoms with E-state index >= 15 is 0 Å². The topological polar surface area (TPSA) is 0 Å². The summed E-state index contributed by atoms with van der Waals surface area (Å²) in [5, 5.41) is 0. The molecule has 4 aliphatic rings. The Balaban J connectivity index is 1.14. The van der Waals surface area contributed by atoms with Crippen molar-refractivity contribution in [2.75, 3.05) is 0 Å². The molecule has 2 atom stereocenters. The van der Waals surface area contributed by atoms with Gasteiger partial charge in [-0.3, -0.25) is 0 Å². The third-order valence-corrected chi connectivity index (χ3v) is 9.87. The molecule has 0 bridgehead atoms. The summed E-state index contributed by atoms with van der Waals surface area (Å²) >= 11 is 0. The first-order valence-electron chi connectivity index (χ1n) is 14.2. The molecule has 0 spiro atoms. The summed E-state index contributed by atoms with van der Waals surface area (Å²) in [7, 11) is 0. The highest BCUT2D eigenvalue weighted by Crippen LogP contribution is 2.43. The molecule has 0 aliphatic heterocycles. The van der Waals surface area contributed by atoms with Gasteiger partial charge in [-0.05, 0) is 144 Å². The van der Waals surface area contributed by atoms with Gasteiger partial charge in [-0.25, -0.2) is 0 Å². The first-order valence-corrected chi connectivity index (χ1v) is 14.2. The van der Waals surface area contributed by atoms with E-state index in [0.29, 0.717) is 0 Å². The molecule has 174 valence electrons. The smallest absolute Gasteiger partial charge is 0.0205 e. The SMILES string of the molecule is C=CC1CCC(C2CCC(/C=C/C3CCC(C4C=CC(CCC)CC4)CC3)CC2)CC1. The fourth-order valence-electron chi connectivity index (χ4n) is 7.64. The Kier molecular flexibility index (Phi) is 8.98. The minimum absolute atomic E-state index is 0.817. The van der Waals surface area contributed by atoms with Crippen LogP contribution in [0.15, 0.2) is 37.0 Å². The van der Waals surface area contributed by atoms with Gasteiger partial charge in [0.05, 0.1) is 0 Å². The summed E-state index contributed by atoms with van der Waals surface area (Å²) in [4.78, 5) is 0. The Morgan fingerprint density at radius 1 is 0.613 bits per heavy atom. The van der Waals surface area contributed by atoms with E-state index in [1.165, 1.54) is 103 Å². The van der Waals surface area contributed by atoms with Crippen molar-refractivity contribution in [3.05, 3.63) is 37.0 Å². The lowest BCUT2D eigenvalue weighted by Gasteiger charge is -2.37. The highest BCUT2D eigenvalue weighted by molar-refractivity contribution is 5.02. The minimum Gasteiger partial charge on any atom is -0.103 e. The first kappa shape index (κ1) is 23.4. The predicted molar refractivity (Wildman–Crippen MR) is 136 cm³/mol. The van der Waals surface area contributed by atoms with Crippen LogP contribution in [-0.4, -0.2) is 0 Å². The normalized spacial score (nSPS) is 42.0. The quantitative estimate of drug-likeness (QED) is 0.358. The molecule has 0 nitrogen and oxygen atoms in total. The number of allylic oxidation sites excluding steroid dienone is 5. The maximum Gasteiger partial charge on any atom is -0.0205 e. The van der Waals surface area contributed by atoms with Crippen LogP contribution in [0.1, 0.15) is 110 Å². The molecule has 2 unspecified atom stereocenters. The van der Waals surface area contributed by atoms with Crippen LogP contribution in [0.25, 0.3) is 0 Å². The van der Waals surface area contributed by atoms with Gasteiger partial charge in [0.15, 0.2) is 0 Å². The summed E-state index contributed by atoms with van der Waals surface area (Å²) in [6.45, 7) is 6.35. The molecular formula is C31H50. The van der Waals surface area contributed by atoms with Crippen molar-refractivity contribution in [2.45, 2.75) is 110 Å². The molecule has 0 heterocycles. The van der Waals surface area contributed by atoms with E-state index in [1.54, 1.807) is 0 Å². The largest absolute Gasteiger partial charge is 0.103 e. The lowest BCUT2D eigenvalue weighted by atomic mass is 9.69. The van der Waals surface area contributed by atoms with Gasteiger partial charge in [0.25, 0.3) is 0 Å². The van der Waals surface area contributed by atoms with Gasteiger partial charge in [0, 0.05) is 0 Å². The van der Waals surface area contributed by atoms with Gasteiger partial charge in [-0.15, -0.1) is 6.58 Å². The lowest BCUT2D eigenvalue weighted by molar-refractivity contribution is 0.166. The van der Waals surface area contributed by atoms with E-state index in [1.807, 2.05) is 0 Å². The molecule has 4 rings (SSSR count). The van der Waals surface area contributed by atoms with Crippen LogP contribution in [0.5, 0.6) is 0 Å². The van der Waals surface area contributed by atoms with Crippen LogP contribution in [0, 0.1) is 47.3 Å². The van der Waals surface area contributed by atoms with Crippen LogP contribution < -0.4 is 0 Å². The fourth-order valence-corrected chi connectivity index (χ4v) is 7.64. The molecule has 4 aliphatic carbocycles. The highest BCUT2D eigenvalue weighted by atomic mass is 14.4. The molecule has 0 aromatic rings. The molecule has 0 radical (unpaired) electrons. The van der Waals surface area contributed by atoms with Crippen LogP contribution >= 0.6 is 0 Å². The summed E-state index contributed by atoms with van der Waals surface area (Å²) in [5.74, 6) is 7.41. The maximum absolute atomic E-state index is 4.02. The van der Waals surface area contributed by atoms with Gasteiger partial charge in [-0.1, -0.05) is 43.7 Å². The maximum atomic E-state index is 4.02. The zero-order valence-corrected chi connectivity index (χ0v) is 20.5. The Labute approximate surface area is 194 Å². The van der Waals surface area contributed by atoms with Gasteiger partial charge in [-0.2, -0.15) is 0 Å². The number of hydrogen-bond acceptors (Lipinski definition) is 0. The molecule has 0 N–H and O–H groups in total. The zero-order valence-electron chi connectivity index (χ0n) is 20.5. The molecule has 0 saturated heterocycles. The van der Waals surface area contributed by atoms with Gasteiger partial charge >= 0.3 is 0 Å². The Morgan fingerprint density at radius 2 is 1.13 bits per heavy atom. The zero-order chi connectivity index (χ0) is 21.5. The van der Waals surface area contributed by atoms with Gasteiger partial charge in [0.1, 0.15) is 0 Å². The highest BCUT2D eigenvalue weighted by Gasteiger charge is 2.30. The van der Waals surface area contributed by atoms with E-state index in [9.17, 15) is 0 Å². The Morgan fingerprint density at radius 3 is 1.58 bits per heavy atom. The van der Waals surface area contributed by atoms with Crippen molar-refractivity contribution in [3.8, 4) is 0 Å². The number of rotatable bonds is 7. The fraction of sp³-hybridized carbons (Fsp3) is 0.806. The first-order chi connectivity index (χ1) is 15.2. The van der Waals surface area contributed by atoms with Gasteiger partial charge in [0.2, 0.25) is 0 Å². The molecule has 0 aromatic carbocycles. The Bertz CT molecular complexity index is 573. The molecular weight excluding hydrogens is 372 g/mol. The molecule has 0 heteroatoms. The van der Waals surface area contributed by atoms with Crippen LogP contribution in [-0.2, 0) is 0 Å².